The first kappa shape index (κ1) is 16.2. The van der Waals surface area contributed by atoms with Crippen LogP contribution in [0.5, 0.6) is 5.75 Å². The van der Waals surface area contributed by atoms with Crippen molar-refractivity contribution >= 4 is 17.2 Å². The summed E-state index contributed by atoms with van der Waals surface area (Å²) in [5.41, 5.74) is 2.45. The van der Waals surface area contributed by atoms with E-state index in [1.165, 1.54) is 0 Å². The highest BCUT2D eigenvalue weighted by Crippen LogP contribution is 2.22. The highest BCUT2D eigenvalue weighted by atomic mass is 32.1. The zero-order valence-electron chi connectivity index (χ0n) is 13.5. The van der Waals surface area contributed by atoms with Crippen molar-refractivity contribution in [1.29, 1.82) is 0 Å². The van der Waals surface area contributed by atoms with Crippen LogP contribution in [0.2, 0.25) is 0 Å². The third-order valence-corrected chi connectivity index (χ3v) is 4.66. The number of aromatic nitrogens is 1. The SMILES string of the molecule is COc1ccc([C@H](C)NC(=O)c2ccc(-c3cccs3)nc2)cc1. The molecule has 0 spiro atoms. The van der Waals surface area contributed by atoms with Crippen LogP contribution in [0, 0.1) is 0 Å². The lowest BCUT2D eigenvalue weighted by Gasteiger charge is -2.15. The van der Waals surface area contributed by atoms with Crippen LogP contribution >= 0.6 is 11.3 Å². The van der Waals surface area contributed by atoms with Gasteiger partial charge < -0.3 is 10.1 Å². The van der Waals surface area contributed by atoms with E-state index in [0.717, 1.165) is 21.9 Å². The van der Waals surface area contributed by atoms with E-state index in [2.05, 4.69) is 10.3 Å². The molecule has 1 N–H and O–H groups in total. The number of benzene rings is 1. The van der Waals surface area contributed by atoms with E-state index < -0.39 is 0 Å². The predicted octanol–water partition coefficient (Wildman–Crippen LogP) is 4.31. The molecule has 0 aliphatic heterocycles. The molecule has 0 aliphatic carbocycles. The van der Waals surface area contributed by atoms with Crippen LogP contribution in [0.15, 0.2) is 60.1 Å². The third-order valence-electron chi connectivity index (χ3n) is 3.76. The molecular weight excluding hydrogens is 320 g/mol. The van der Waals surface area contributed by atoms with Gasteiger partial charge in [-0.25, -0.2) is 0 Å². The Balaban J connectivity index is 1.67. The lowest BCUT2D eigenvalue weighted by atomic mass is 10.1. The van der Waals surface area contributed by atoms with Gasteiger partial charge in [0.1, 0.15) is 5.75 Å². The number of hydrogen-bond acceptors (Lipinski definition) is 4. The second-order valence-electron chi connectivity index (χ2n) is 5.38. The van der Waals surface area contributed by atoms with Crippen LogP contribution in [0.3, 0.4) is 0 Å². The Morgan fingerprint density at radius 1 is 1.17 bits per heavy atom. The molecule has 0 saturated carbocycles. The van der Waals surface area contributed by atoms with E-state index in [0.29, 0.717) is 5.56 Å². The smallest absolute Gasteiger partial charge is 0.253 e. The Labute approximate surface area is 145 Å². The van der Waals surface area contributed by atoms with Crippen molar-refractivity contribution < 1.29 is 9.53 Å². The number of carbonyl (C=O) groups is 1. The van der Waals surface area contributed by atoms with Crippen molar-refractivity contribution in [3.8, 4) is 16.3 Å². The molecule has 0 saturated heterocycles. The molecular formula is C19H18N2O2S. The first-order chi connectivity index (χ1) is 11.7. The van der Waals surface area contributed by atoms with Gasteiger partial charge >= 0.3 is 0 Å². The molecule has 5 heteroatoms. The Hall–Kier alpha value is -2.66. The van der Waals surface area contributed by atoms with Gasteiger partial charge in [0.15, 0.2) is 0 Å². The number of ether oxygens (including phenoxy) is 1. The standard InChI is InChI=1S/C19H18N2O2S/c1-13(14-5-8-16(23-2)9-6-14)21-19(22)15-7-10-17(20-12-15)18-4-3-11-24-18/h3-13H,1-2H3,(H,21,22)/t13-/m0/s1. The molecule has 4 nitrogen and oxygen atoms in total. The normalized spacial score (nSPS) is 11.8. The minimum absolute atomic E-state index is 0.0969. The van der Waals surface area contributed by atoms with Crippen LogP contribution in [-0.2, 0) is 0 Å². The number of thiophene rings is 1. The molecule has 0 unspecified atom stereocenters. The Bertz CT molecular complexity index is 796. The average Bonchev–Trinajstić information content (AvgIpc) is 3.16. The van der Waals surface area contributed by atoms with Crippen molar-refractivity contribution in [3.63, 3.8) is 0 Å². The average molecular weight is 338 g/mol. The van der Waals surface area contributed by atoms with E-state index in [-0.39, 0.29) is 11.9 Å². The molecule has 122 valence electrons. The van der Waals surface area contributed by atoms with Gasteiger partial charge in [-0.3, -0.25) is 9.78 Å². The van der Waals surface area contributed by atoms with Crippen molar-refractivity contribution in [1.82, 2.24) is 10.3 Å². The molecule has 1 amide bonds. The van der Waals surface area contributed by atoms with E-state index in [1.807, 2.05) is 54.8 Å². The summed E-state index contributed by atoms with van der Waals surface area (Å²) in [4.78, 5) is 17.8. The monoisotopic (exact) mass is 338 g/mol. The highest BCUT2D eigenvalue weighted by Gasteiger charge is 2.12. The Kier molecular flexibility index (Phi) is 4.91. The van der Waals surface area contributed by atoms with E-state index in [1.54, 1.807) is 30.7 Å². The lowest BCUT2D eigenvalue weighted by molar-refractivity contribution is 0.0939. The summed E-state index contributed by atoms with van der Waals surface area (Å²) >= 11 is 1.63. The first-order valence-corrected chi connectivity index (χ1v) is 8.50. The Morgan fingerprint density at radius 2 is 1.96 bits per heavy atom. The van der Waals surface area contributed by atoms with Crippen molar-refractivity contribution in [2.45, 2.75) is 13.0 Å². The lowest BCUT2D eigenvalue weighted by Crippen LogP contribution is -2.26. The van der Waals surface area contributed by atoms with Crippen molar-refractivity contribution in [2.75, 3.05) is 7.11 Å². The maximum absolute atomic E-state index is 12.4. The van der Waals surface area contributed by atoms with Crippen LogP contribution < -0.4 is 10.1 Å². The molecule has 3 aromatic rings. The highest BCUT2D eigenvalue weighted by molar-refractivity contribution is 7.13. The molecule has 2 heterocycles. The summed E-state index contributed by atoms with van der Waals surface area (Å²) in [6.45, 7) is 1.95. The molecule has 24 heavy (non-hydrogen) atoms. The first-order valence-electron chi connectivity index (χ1n) is 7.62. The minimum atomic E-state index is -0.136. The Morgan fingerprint density at radius 3 is 2.54 bits per heavy atom. The van der Waals surface area contributed by atoms with Crippen molar-refractivity contribution in [2.24, 2.45) is 0 Å². The molecule has 0 bridgehead atoms. The summed E-state index contributed by atoms with van der Waals surface area (Å²) in [6.07, 6.45) is 1.62. The maximum atomic E-state index is 12.4. The van der Waals surface area contributed by atoms with Crippen molar-refractivity contribution in [3.05, 3.63) is 71.2 Å². The number of methoxy groups -OCH3 is 1. The molecule has 0 fully saturated rings. The van der Waals surface area contributed by atoms with Gasteiger partial charge in [-0.05, 0) is 48.2 Å². The number of nitrogens with one attached hydrogen (secondary N) is 1. The second-order valence-corrected chi connectivity index (χ2v) is 6.33. The largest absolute Gasteiger partial charge is 0.497 e. The molecule has 0 aliphatic rings. The topological polar surface area (TPSA) is 51.2 Å². The molecule has 1 aromatic carbocycles. The van der Waals surface area contributed by atoms with E-state index >= 15 is 0 Å². The summed E-state index contributed by atoms with van der Waals surface area (Å²) in [5, 5.41) is 5.00. The summed E-state index contributed by atoms with van der Waals surface area (Å²) < 4.78 is 5.15. The summed E-state index contributed by atoms with van der Waals surface area (Å²) in [5.74, 6) is 0.661. The molecule has 3 rings (SSSR count). The van der Waals surface area contributed by atoms with E-state index in [9.17, 15) is 4.79 Å². The number of hydrogen-bond donors (Lipinski definition) is 1. The zero-order valence-corrected chi connectivity index (χ0v) is 14.3. The number of amides is 1. The number of carbonyl (C=O) groups excluding carboxylic acids is 1. The van der Waals surface area contributed by atoms with Gasteiger partial charge in [0.25, 0.3) is 5.91 Å². The van der Waals surface area contributed by atoms with Gasteiger partial charge in [-0.15, -0.1) is 11.3 Å². The maximum Gasteiger partial charge on any atom is 0.253 e. The second kappa shape index (κ2) is 7.27. The summed E-state index contributed by atoms with van der Waals surface area (Å²) in [6, 6.07) is 15.2. The van der Waals surface area contributed by atoms with Crippen LogP contribution in [-0.4, -0.2) is 18.0 Å². The van der Waals surface area contributed by atoms with Gasteiger partial charge in [0, 0.05) is 6.20 Å². The third kappa shape index (κ3) is 3.63. The fourth-order valence-corrected chi connectivity index (χ4v) is 3.06. The van der Waals surface area contributed by atoms with Gasteiger partial charge in [0.05, 0.1) is 29.3 Å². The fraction of sp³-hybridized carbons (Fsp3) is 0.158. The minimum Gasteiger partial charge on any atom is -0.497 e. The number of nitrogens with zero attached hydrogens (tertiary/aromatic N) is 1. The number of pyridine rings is 1. The van der Waals surface area contributed by atoms with Gasteiger partial charge in [-0.1, -0.05) is 18.2 Å². The van der Waals surface area contributed by atoms with Gasteiger partial charge in [0.2, 0.25) is 0 Å². The van der Waals surface area contributed by atoms with Crippen LogP contribution in [0.4, 0.5) is 0 Å². The van der Waals surface area contributed by atoms with E-state index in [4.69, 9.17) is 4.74 Å². The molecule has 2 aromatic heterocycles. The van der Waals surface area contributed by atoms with Crippen LogP contribution in [0.25, 0.3) is 10.6 Å². The molecule has 0 radical (unpaired) electrons. The fourth-order valence-electron chi connectivity index (χ4n) is 2.35. The summed E-state index contributed by atoms with van der Waals surface area (Å²) in [7, 11) is 1.63. The van der Waals surface area contributed by atoms with Crippen LogP contribution in [0.1, 0.15) is 28.9 Å². The molecule has 1 atom stereocenters. The quantitative estimate of drug-likeness (QED) is 0.754. The predicted molar refractivity (Wildman–Crippen MR) is 96.4 cm³/mol. The zero-order chi connectivity index (χ0) is 16.9. The van der Waals surface area contributed by atoms with Gasteiger partial charge in [-0.2, -0.15) is 0 Å². The number of rotatable bonds is 5.